The Morgan fingerprint density at radius 1 is 1.43 bits per heavy atom. The summed E-state index contributed by atoms with van der Waals surface area (Å²) in [5.74, 6) is 0. The normalized spacial score (nSPS) is 20.1. The summed E-state index contributed by atoms with van der Waals surface area (Å²) in [5, 5.41) is 7.22. The van der Waals surface area contributed by atoms with Gasteiger partial charge in [0, 0.05) is 12.1 Å². The van der Waals surface area contributed by atoms with Crippen LogP contribution in [0.1, 0.15) is 13.3 Å². The van der Waals surface area contributed by atoms with Gasteiger partial charge in [0.05, 0.1) is 12.3 Å². The van der Waals surface area contributed by atoms with Crippen LogP contribution in [0.15, 0.2) is 35.5 Å². The molecule has 1 aromatic rings. The van der Waals surface area contributed by atoms with Crippen LogP contribution in [0, 0.1) is 0 Å². The van der Waals surface area contributed by atoms with Crippen molar-refractivity contribution in [3.8, 4) is 0 Å². The van der Waals surface area contributed by atoms with Gasteiger partial charge in [0.25, 0.3) is 0 Å². The number of hydrogen-bond acceptors (Lipinski definition) is 3. The number of benzene rings is 1. The van der Waals surface area contributed by atoms with Crippen molar-refractivity contribution in [2.75, 3.05) is 11.9 Å². The molecule has 3 nitrogen and oxygen atoms in total. The average Bonchev–Trinajstić information content (AvgIpc) is 2.63. The van der Waals surface area contributed by atoms with E-state index in [4.69, 9.17) is 4.84 Å². The Hall–Kier alpha value is -1.51. The summed E-state index contributed by atoms with van der Waals surface area (Å²) in [6.45, 7) is 2.80. The lowest BCUT2D eigenvalue weighted by Crippen LogP contribution is -2.19. The Kier molecular flexibility index (Phi) is 2.68. The zero-order valence-corrected chi connectivity index (χ0v) is 8.23. The first-order valence-electron chi connectivity index (χ1n) is 4.83. The minimum absolute atomic E-state index is 0.190. The fourth-order valence-electron chi connectivity index (χ4n) is 1.47. The summed E-state index contributed by atoms with van der Waals surface area (Å²) in [6, 6.07) is 10.1. The second kappa shape index (κ2) is 4.13. The van der Waals surface area contributed by atoms with Gasteiger partial charge >= 0.3 is 0 Å². The average molecular weight is 190 g/mol. The topological polar surface area (TPSA) is 33.6 Å². The predicted molar refractivity (Wildman–Crippen MR) is 57.5 cm³/mol. The summed E-state index contributed by atoms with van der Waals surface area (Å²) < 4.78 is 0. The first-order valence-corrected chi connectivity index (χ1v) is 4.83. The smallest absolute Gasteiger partial charge is 0.149 e. The fraction of sp³-hybridized carbons (Fsp3) is 0.364. The lowest BCUT2D eigenvalue weighted by molar-refractivity contribution is 0.0949. The van der Waals surface area contributed by atoms with E-state index in [0.29, 0.717) is 0 Å². The number of oxime groups is 1. The van der Waals surface area contributed by atoms with E-state index in [1.54, 1.807) is 0 Å². The highest BCUT2D eigenvalue weighted by molar-refractivity contribution is 5.82. The first-order chi connectivity index (χ1) is 6.84. The highest BCUT2D eigenvalue weighted by Gasteiger charge is 2.17. The number of hydrogen-bond donors (Lipinski definition) is 1. The van der Waals surface area contributed by atoms with Gasteiger partial charge in [-0.05, 0) is 19.1 Å². The number of anilines is 1. The largest absolute Gasteiger partial charge is 0.390 e. The number of nitrogens with zero attached hydrogens (tertiary/aromatic N) is 1. The molecule has 0 amide bonds. The third kappa shape index (κ3) is 2.25. The molecule has 1 atom stereocenters. The van der Waals surface area contributed by atoms with Crippen LogP contribution in [-0.2, 0) is 4.84 Å². The molecule has 1 unspecified atom stereocenters. The molecule has 14 heavy (non-hydrogen) atoms. The van der Waals surface area contributed by atoms with Gasteiger partial charge in [0.1, 0.15) is 6.10 Å². The maximum absolute atomic E-state index is 5.21. The zero-order chi connectivity index (χ0) is 9.80. The van der Waals surface area contributed by atoms with Crippen LogP contribution >= 0.6 is 0 Å². The second-order valence-electron chi connectivity index (χ2n) is 3.51. The Balaban J connectivity index is 1.79. The molecule has 1 aromatic carbocycles. The monoisotopic (exact) mass is 190 g/mol. The molecule has 0 saturated heterocycles. The van der Waals surface area contributed by atoms with Gasteiger partial charge in [-0.2, -0.15) is 0 Å². The van der Waals surface area contributed by atoms with E-state index in [-0.39, 0.29) is 6.10 Å². The molecule has 0 radical (unpaired) electrons. The lowest BCUT2D eigenvalue weighted by atomic mass is 10.2. The summed E-state index contributed by atoms with van der Waals surface area (Å²) in [6.07, 6.45) is 1.12. The van der Waals surface area contributed by atoms with E-state index < -0.39 is 0 Å². The van der Waals surface area contributed by atoms with Crippen LogP contribution in [0.25, 0.3) is 0 Å². The van der Waals surface area contributed by atoms with E-state index in [2.05, 4.69) is 10.5 Å². The molecule has 0 spiro atoms. The quantitative estimate of drug-likeness (QED) is 0.793. The molecule has 2 rings (SSSR count). The molecule has 1 heterocycles. The fourth-order valence-corrected chi connectivity index (χ4v) is 1.47. The van der Waals surface area contributed by atoms with Crippen molar-refractivity contribution < 1.29 is 4.84 Å². The molecule has 1 aliphatic rings. The van der Waals surface area contributed by atoms with Crippen molar-refractivity contribution in [2.45, 2.75) is 19.4 Å². The molecule has 1 N–H and O–H groups in total. The maximum atomic E-state index is 5.21. The van der Waals surface area contributed by atoms with E-state index >= 15 is 0 Å². The Labute approximate surface area is 83.8 Å². The van der Waals surface area contributed by atoms with Crippen LogP contribution in [0.3, 0.4) is 0 Å². The Morgan fingerprint density at radius 3 is 2.86 bits per heavy atom. The number of rotatable bonds is 3. The van der Waals surface area contributed by atoms with Gasteiger partial charge in [-0.3, -0.25) is 0 Å². The standard InChI is InChI=1S/C11H14N2O/c1-9-7-11(14-13-9)8-12-10-5-3-2-4-6-10/h2-6,11-12H,7-8H2,1H3. The lowest BCUT2D eigenvalue weighted by Gasteiger charge is -2.10. The molecule has 0 bridgehead atoms. The molecule has 0 aliphatic carbocycles. The third-order valence-corrected chi connectivity index (χ3v) is 2.19. The minimum atomic E-state index is 0.190. The highest BCUT2D eigenvalue weighted by atomic mass is 16.6. The van der Waals surface area contributed by atoms with Crippen LogP contribution < -0.4 is 5.32 Å². The van der Waals surface area contributed by atoms with E-state index in [9.17, 15) is 0 Å². The molecule has 74 valence electrons. The molecule has 1 aliphatic heterocycles. The summed E-state index contributed by atoms with van der Waals surface area (Å²) in [7, 11) is 0. The zero-order valence-electron chi connectivity index (χ0n) is 8.23. The van der Waals surface area contributed by atoms with Crippen molar-refractivity contribution in [3.05, 3.63) is 30.3 Å². The van der Waals surface area contributed by atoms with Crippen molar-refractivity contribution in [2.24, 2.45) is 5.16 Å². The van der Waals surface area contributed by atoms with Gasteiger partial charge < -0.3 is 10.2 Å². The van der Waals surface area contributed by atoms with Crippen LogP contribution in [-0.4, -0.2) is 18.4 Å². The molecule has 0 fully saturated rings. The van der Waals surface area contributed by atoms with Gasteiger partial charge in [-0.1, -0.05) is 23.4 Å². The van der Waals surface area contributed by atoms with E-state index in [0.717, 1.165) is 24.4 Å². The van der Waals surface area contributed by atoms with Crippen molar-refractivity contribution in [1.29, 1.82) is 0 Å². The third-order valence-electron chi connectivity index (χ3n) is 2.19. The van der Waals surface area contributed by atoms with E-state index in [1.807, 2.05) is 37.3 Å². The Morgan fingerprint density at radius 2 is 2.21 bits per heavy atom. The van der Waals surface area contributed by atoms with Crippen molar-refractivity contribution in [1.82, 2.24) is 0 Å². The summed E-state index contributed by atoms with van der Waals surface area (Å²) in [4.78, 5) is 5.21. The maximum Gasteiger partial charge on any atom is 0.149 e. The predicted octanol–water partition coefficient (Wildman–Crippen LogP) is 2.26. The molecular formula is C11H14N2O. The molecule has 0 aromatic heterocycles. The molecule has 0 saturated carbocycles. The van der Waals surface area contributed by atoms with Gasteiger partial charge in [-0.25, -0.2) is 0 Å². The van der Waals surface area contributed by atoms with E-state index in [1.165, 1.54) is 0 Å². The van der Waals surface area contributed by atoms with Gasteiger partial charge in [-0.15, -0.1) is 0 Å². The number of nitrogens with one attached hydrogen (secondary N) is 1. The molecular weight excluding hydrogens is 176 g/mol. The second-order valence-corrected chi connectivity index (χ2v) is 3.51. The Bertz CT molecular complexity index is 321. The van der Waals surface area contributed by atoms with Crippen LogP contribution in [0.5, 0.6) is 0 Å². The highest BCUT2D eigenvalue weighted by Crippen LogP contribution is 2.12. The van der Waals surface area contributed by atoms with Gasteiger partial charge in [0.2, 0.25) is 0 Å². The SMILES string of the molecule is CC1=NOC(CNc2ccccc2)C1. The van der Waals surface area contributed by atoms with Gasteiger partial charge in [0.15, 0.2) is 0 Å². The summed E-state index contributed by atoms with van der Waals surface area (Å²) in [5.41, 5.74) is 2.20. The first kappa shape index (κ1) is 9.06. The number of para-hydroxylation sites is 1. The van der Waals surface area contributed by atoms with Crippen molar-refractivity contribution in [3.63, 3.8) is 0 Å². The minimum Gasteiger partial charge on any atom is -0.390 e. The van der Waals surface area contributed by atoms with Crippen molar-refractivity contribution >= 4 is 11.4 Å². The summed E-state index contributed by atoms with van der Waals surface area (Å²) >= 11 is 0. The van der Waals surface area contributed by atoms with Crippen LogP contribution in [0.4, 0.5) is 5.69 Å². The molecule has 3 heteroatoms. The van der Waals surface area contributed by atoms with Crippen LogP contribution in [0.2, 0.25) is 0 Å².